The van der Waals surface area contributed by atoms with Gasteiger partial charge in [0.25, 0.3) is 0 Å². The summed E-state index contributed by atoms with van der Waals surface area (Å²) in [5.74, 6) is -0.465. The molecule has 1 atom stereocenters. The van der Waals surface area contributed by atoms with Crippen molar-refractivity contribution in [3.05, 3.63) is 108 Å². The predicted molar refractivity (Wildman–Crippen MR) is 188 cm³/mol. The zero-order valence-electron chi connectivity index (χ0n) is 28.4. The second-order valence-corrected chi connectivity index (χ2v) is 30.7. The van der Waals surface area contributed by atoms with E-state index >= 15 is 0 Å². The molecule has 1 aromatic heterocycles. The third-order valence-corrected chi connectivity index (χ3v) is 28.0. The van der Waals surface area contributed by atoms with E-state index in [1.54, 1.807) is 12.3 Å². The van der Waals surface area contributed by atoms with Gasteiger partial charge in [0, 0.05) is 0 Å². The van der Waals surface area contributed by atoms with E-state index in [4.69, 9.17) is 2.81 Å². The number of fused-ring (bicyclic) bond motifs is 1. The molecule has 5 rings (SSSR count). The number of aromatic nitrogens is 1. The standard InChI is InChI=1S/C21H22F3N4O4.2C6H5.C4H9.Bi.H/c1-12-8-15-18(25-9-12)28(10-16(30)26-15)19(31)27-17(20(2,3)11-29)13-4-6-14(7-5-13)32-21(22,23)24;2*1-2-4-6-5-3-1;1-4(2)3;;/h4-9,17H,10-11H2,1-3H3,(H,26,30)(H,27,31);2*1-5H;1-3H3;;/q-1;;;;+1;. The molecule has 8 nitrogen and oxygen atoms in total. The van der Waals surface area contributed by atoms with Crippen molar-refractivity contribution < 1.29 is 30.3 Å². The number of hydrogen-bond donors (Lipinski definition) is 2. The number of amides is 3. The second-order valence-electron chi connectivity index (χ2n) is 14.0. The second kappa shape index (κ2) is 14.1. The van der Waals surface area contributed by atoms with Crippen molar-refractivity contribution in [2.24, 2.45) is 5.41 Å². The molecule has 2 N–H and O–H groups in total. The molecule has 0 spiro atoms. The van der Waals surface area contributed by atoms with Crippen LogP contribution in [0.25, 0.3) is 0 Å². The number of pyridine rings is 1. The van der Waals surface area contributed by atoms with Crippen LogP contribution in [0.4, 0.5) is 29.5 Å². The van der Waals surface area contributed by atoms with E-state index in [0.717, 1.165) is 12.1 Å². The van der Waals surface area contributed by atoms with Crippen LogP contribution in [0.15, 0.2) is 97.2 Å². The normalized spacial score (nSPS) is 14.8. The van der Waals surface area contributed by atoms with E-state index in [-0.39, 0.29) is 27.9 Å². The molecule has 1 aliphatic heterocycles. The summed E-state index contributed by atoms with van der Waals surface area (Å²) in [6, 6.07) is 26.4. The van der Waals surface area contributed by atoms with Crippen molar-refractivity contribution in [1.29, 1.82) is 0 Å². The van der Waals surface area contributed by atoms with Crippen molar-refractivity contribution in [1.82, 2.24) is 10.3 Å². The van der Waals surface area contributed by atoms with Gasteiger partial charge in [0.05, 0.1) is 0 Å². The maximum absolute atomic E-state index is 14.1. The molecule has 3 amide bonds. The summed E-state index contributed by atoms with van der Waals surface area (Å²) in [5.41, 5.74) is 0.940. The van der Waals surface area contributed by atoms with Gasteiger partial charge < -0.3 is 0 Å². The van der Waals surface area contributed by atoms with Crippen molar-refractivity contribution in [3.63, 3.8) is 0 Å². The topological polar surface area (TPSA) is 92.8 Å². The molecule has 0 bridgehead atoms. The number of anilines is 2. The zero-order valence-corrected chi connectivity index (χ0v) is 32.3. The van der Waals surface area contributed by atoms with Crippen LogP contribution in [0.5, 0.6) is 5.75 Å². The SMILES string of the molecule is Cc1cnc2c(c1)NC(=O)CN2C(=O)NC(c1ccc(OC(F)(F)F)cc1)C(C)(C)C[O][BiH]([c]1ccccc1)([c]1ccccc1)[C](C)(C)C. The van der Waals surface area contributed by atoms with Gasteiger partial charge in [-0.1, -0.05) is 0 Å². The number of hydrogen-bond acceptors (Lipinski definition) is 5. The number of benzene rings is 3. The van der Waals surface area contributed by atoms with Gasteiger partial charge in [0.2, 0.25) is 0 Å². The van der Waals surface area contributed by atoms with Crippen LogP contribution in [-0.2, 0) is 7.61 Å². The first-order valence-electron chi connectivity index (χ1n) is 16.0. The molecule has 0 aliphatic carbocycles. The Morgan fingerprint density at radius 1 is 0.939 bits per heavy atom. The monoisotopic (exact) mass is 872 g/mol. The Morgan fingerprint density at radius 2 is 1.51 bits per heavy atom. The van der Waals surface area contributed by atoms with Gasteiger partial charge in [-0.2, -0.15) is 0 Å². The van der Waals surface area contributed by atoms with Crippen molar-refractivity contribution in [2.75, 3.05) is 23.4 Å². The fourth-order valence-electron chi connectivity index (χ4n) is 6.38. The first-order chi connectivity index (χ1) is 23.0. The summed E-state index contributed by atoms with van der Waals surface area (Å²) in [5, 5.41) is 5.86. The molecule has 12 heteroatoms. The molecule has 3 aromatic carbocycles. The van der Waals surface area contributed by atoms with Gasteiger partial charge in [0.15, 0.2) is 0 Å². The van der Waals surface area contributed by atoms with Crippen molar-refractivity contribution in [3.8, 4) is 5.75 Å². The van der Waals surface area contributed by atoms with Crippen LogP contribution in [0.2, 0.25) is 3.12 Å². The fraction of sp³-hybridized carbons (Fsp3) is 0.324. The van der Waals surface area contributed by atoms with Crippen molar-refractivity contribution >= 4 is 50.7 Å². The Labute approximate surface area is 290 Å². The number of carbonyl (C=O) groups is 2. The van der Waals surface area contributed by atoms with Crippen LogP contribution < -0.4 is 26.8 Å². The third-order valence-electron chi connectivity index (χ3n) is 8.65. The van der Waals surface area contributed by atoms with Gasteiger partial charge in [-0.05, 0) is 0 Å². The first kappa shape index (κ1) is 36.3. The molecule has 0 saturated heterocycles. The Kier molecular flexibility index (Phi) is 10.4. The summed E-state index contributed by atoms with van der Waals surface area (Å²) in [6.07, 6.45) is -3.24. The maximum atomic E-state index is 14.1. The molecule has 1 unspecified atom stereocenters. The quantitative estimate of drug-likeness (QED) is 0.180. The minimum atomic E-state index is -4.85. The predicted octanol–water partition coefficient (Wildman–Crippen LogP) is 6.83. The number of alkyl halides is 3. The summed E-state index contributed by atoms with van der Waals surface area (Å²) in [6.45, 7) is 12.3. The number of carbonyl (C=O) groups excluding carboxylic acids is 2. The zero-order chi connectivity index (χ0) is 35.6. The number of aryl methyl sites for hydroxylation is 1. The van der Waals surface area contributed by atoms with E-state index in [0.29, 0.717) is 17.1 Å². The number of nitrogens with one attached hydrogen (secondary N) is 2. The van der Waals surface area contributed by atoms with E-state index in [9.17, 15) is 22.8 Å². The van der Waals surface area contributed by atoms with E-state index in [1.165, 1.54) is 29.2 Å². The van der Waals surface area contributed by atoms with E-state index in [1.807, 2.05) is 57.2 Å². The van der Waals surface area contributed by atoms with Crippen LogP contribution in [0.3, 0.4) is 0 Å². The number of ether oxygens (including phenoxy) is 1. The van der Waals surface area contributed by atoms with Gasteiger partial charge in [0.1, 0.15) is 0 Å². The molecule has 4 aromatic rings. The van der Waals surface area contributed by atoms with Crippen LogP contribution in [0, 0.1) is 12.3 Å². The van der Waals surface area contributed by atoms with Gasteiger partial charge in [-0.25, -0.2) is 0 Å². The Morgan fingerprint density at radius 3 is 2.04 bits per heavy atom. The molecule has 1 aliphatic rings. The molecule has 260 valence electrons. The third kappa shape index (κ3) is 8.07. The van der Waals surface area contributed by atoms with E-state index < -0.39 is 44.6 Å². The van der Waals surface area contributed by atoms with Crippen molar-refractivity contribution in [2.45, 2.75) is 57.1 Å². The molecule has 0 fully saturated rings. The number of halogens is 3. The van der Waals surface area contributed by atoms with Crippen LogP contribution >= 0.6 is 0 Å². The number of nitrogens with zero attached hydrogens (tertiary/aromatic N) is 2. The molecule has 0 radical (unpaired) electrons. The Bertz CT molecular complexity index is 1740. The van der Waals surface area contributed by atoms with Gasteiger partial charge in [-0.3, -0.25) is 0 Å². The fourth-order valence-corrected chi connectivity index (χ4v) is 24.8. The molecular weight excluding hydrogens is 830 g/mol. The number of rotatable bonds is 9. The average Bonchev–Trinajstić information content (AvgIpc) is 3.03. The van der Waals surface area contributed by atoms with Crippen LogP contribution in [-0.4, -0.2) is 57.1 Å². The first-order valence-corrected chi connectivity index (χ1v) is 23.4. The summed E-state index contributed by atoms with van der Waals surface area (Å²) in [7, 11) is 0. The number of urea groups is 1. The summed E-state index contributed by atoms with van der Waals surface area (Å²) in [4.78, 5) is 32.4. The molecule has 0 saturated carbocycles. The van der Waals surface area contributed by atoms with E-state index in [2.05, 4.69) is 65.4 Å². The van der Waals surface area contributed by atoms with Gasteiger partial charge >= 0.3 is 291 Å². The Balaban J connectivity index is 1.55. The van der Waals surface area contributed by atoms with Crippen LogP contribution in [0.1, 0.15) is 51.8 Å². The minimum absolute atomic E-state index is 0.204. The average molecular weight is 873 g/mol. The molecular formula is C37H42BiF3N4O4. The molecule has 49 heavy (non-hydrogen) atoms. The summed E-state index contributed by atoms with van der Waals surface area (Å²) < 4.78 is 52.6. The Hall–Kier alpha value is -4.02. The van der Waals surface area contributed by atoms with Gasteiger partial charge in [-0.15, -0.1) is 0 Å². The summed E-state index contributed by atoms with van der Waals surface area (Å²) >= 11 is -4.25. The molecule has 2 heterocycles.